The zero-order valence-corrected chi connectivity index (χ0v) is 15.3. The van der Waals surface area contributed by atoms with Crippen molar-refractivity contribution in [2.45, 2.75) is 51.2 Å². The van der Waals surface area contributed by atoms with Crippen LogP contribution in [-0.2, 0) is 13.5 Å². The van der Waals surface area contributed by atoms with Crippen LogP contribution in [0.1, 0.15) is 44.0 Å². The Morgan fingerprint density at radius 3 is 2.62 bits per heavy atom. The molecule has 3 rings (SSSR count). The topological polar surface area (TPSA) is 20.2 Å². The normalized spacial score (nSPS) is 21.0. The second-order valence-corrected chi connectivity index (χ2v) is 7.28. The van der Waals surface area contributed by atoms with Crippen LogP contribution in [0.15, 0.2) is 48.7 Å². The van der Waals surface area contributed by atoms with Crippen molar-refractivity contribution in [2.75, 3.05) is 13.1 Å². The molecular formula is C21H31N3. The first-order chi connectivity index (χ1) is 11.6. The fourth-order valence-electron chi connectivity index (χ4n) is 3.82. The van der Waals surface area contributed by atoms with Crippen molar-refractivity contribution in [3.05, 3.63) is 59.9 Å². The minimum atomic E-state index is 0.511. The molecule has 0 aliphatic carbocycles. The summed E-state index contributed by atoms with van der Waals surface area (Å²) in [5.41, 5.74) is 2.85. The van der Waals surface area contributed by atoms with Crippen molar-refractivity contribution in [2.24, 2.45) is 7.05 Å². The second-order valence-electron chi connectivity index (χ2n) is 7.28. The lowest BCUT2D eigenvalue weighted by Crippen LogP contribution is -2.39. The number of nitrogens with one attached hydrogen (secondary N) is 1. The van der Waals surface area contributed by atoms with E-state index in [0.717, 1.165) is 13.0 Å². The molecule has 1 fully saturated rings. The molecule has 0 bridgehead atoms. The van der Waals surface area contributed by atoms with E-state index >= 15 is 0 Å². The van der Waals surface area contributed by atoms with Crippen molar-refractivity contribution in [3.63, 3.8) is 0 Å². The van der Waals surface area contributed by atoms with Gasteiger partial charge in [0.2, 0.25) is 0 Å². The largest absolute Gasteiger partial charge is 0.354 e. The van der Waals surface area contributed by atoms with Gasteiger partial charge in [-0.2, -0.15) is 0 Å². The van der Waals surface area contributed by atoms with Gasteiger partial charge >= 0.3 is 0 Å². The van der Waals surface area contributed by atoms with E-state index in [-0.39, 0.29) is 0 Å². The highest BCUT2D eigenvalue weighted by Gasteiger charge is 2.27. The van der Waals surface area contributed by atoms with E-state index in [2.05, 4.69) is 84.3 Å². The molecule has 130 valence electrons. The van der Waals surface area contributed by atoms with Crippen LogP contribution >= 0.6 is 0 Å². The van der Waals surface area contributed by atoms with E-state index in [1.165, 1.54) is 30.6 Å². The molecule has 2 heterocycles. The molecule has 24 heavy (non-hydrogen) atoms. The first kappa shape index (κ1) is 17.2. The van der Waals surface area contributed by atoms with Gasteiger partial charge in [-0.1, -0.05) is 30.3 Å². The monoisotopic (exact) mass is 325 g/mol. The predicted molar refractivity (Wildman–Crippen MR) is 101 cm³/mol. The van der Waals surface area contributed by atoms with Crippen molar-refractivity contribution < 1.29 is 0 Å². The zero-order valence-electron chi connectivity index (χ0n) is 15.3. The van der Waals surface area contributed by atoms with E-state index < -0.39 is 0 Å². The SMILES string of the molecule is C[C@H](CCc1cccn1C)N[C@H]1CCN([C@@H](C)c2ccccc2)C1. The molecule has 1 saturated heterocycles. The molecule has 1 aliphatic rings. The Morgan fingerprint density at radius 1 is 1.12 bits per heavy atom. The summed E-state index contributed by atoms with van der Waals surface area (Å²) < 4.78 is 2.23. The van der Waals surface area contributed by atoms with Gasteiger partial charge in [0, 0.05) is 50.2 Å². The highest BCUT2D eigenvalue weighted by molar-refractivity contribution is 5.18. The Kier molecular flexibility index (Phi) is 5.75. The summed E-state index contributed by atoms with van der Waals surface area (Å²) in [5.74, 6) is 0. The van der Waals surface area contributed by atoms with Crippen LogP contribution in [0.2, 0.25) is 0 Å². The molecule has 1 aromatic heterocycles. The average molecular weight is 326 g/mol. The Bertz CT molecular complexity index is 619. The maximum atomic E-state index is 3.85. The lowest BCUT2D eigenvalue weighted by Gasteiger charge is -2.25. The highest BCUT2D eigenvalue weighted by atomic mass is 15.2. The Labute approximate surface area is 146 Å². The molecule has 0 spiro atoms. The van der Waals surface area contributed by atoms with Gasteiger partial charge in [0.1, 0.15) is 0 Å². The molecule has 3 atom stereocenters. The van der Waals surface area contributed by atoms with E-state index in [1.807, 2.05) is 0 Å². The molecular weight excluding hydrogens is 294 g/mol. The summed E-state index contributed by atoms with van der Waals surface area (Å²) in [4.78, 5) is 2.61. The molecule has 1 N–H and O–H groups in total. The van der Waals surface area contributed by atoms with Crippen LogP contribution in [0.25, 0.3) is 0 Å². The summed E-state index contributed by atoms with van der Waals surface area (Å²) in [6, 6.07) is 16.9. The fourth-order valence-corrected chi connectivity index (χ4v) is 3.82. The Balaban J connectivity index is 1.45. The van der Waals surface area contributed by atoms with Gasteiger partial charge in [0.25, 0.3) is 0 Å². The molecule has 1 aliphatic heterocycles. The number of hydrogen-bond donors (Lipinski definition) is 1. The van der Waals surface area contributed by atoms with Gasteiger partial charge in [-0.3, -0.25) is 4.90 Å². The molecule has 3 heteroatoms. The predicted octanol–water partition coefficient (Wildman–Crippen LogP) is 3.77. The molecule has 0 saturated carbocycles. The van der Waals surface area contributed by atoms with Crippen LogP contribution in [0, 0.1) is 0 Å². The minimum Gasteiger partial charge on any atom is -0.354 e. The van der Waals surface area contributed by atoms with Crippen LogP contribution < -0.4 is 5.32 Å². The lowest BCUT2D eigenvalue weighted by molar-refractivity contribution is 0.253. The third-order valence-electron chi connectivity index (χ3n) is 5.45. The molecule has 2 aromatic rings. The maximum Gasteiger partial charge on any atom is 0.0320 e. The van der Waals surface area contributed by atoms with E-state index in [1.54, 1.807) is 0 Å². The number of rotatable bonds is 7. The molecule has 0 amide bonds. The molecule has 1 aromatic carbocycles. The lowest BCUT2D eigenvalue weighted by atomic mass is 10.1. The van der Waals surface area contributed by atoms with Crippen LogP contribution in [0.4, 0.5) is 0 Å². The summed E-state index contributed by atoms with van der Waals surface area (Å²) in [5, 5.41) is 3.85. The van der Waals surface area contributed by atoms with Crippen molar-refractivity contribution in [1.82, 2.24) is 14.8 Å². The summed E-state index contributed by atoms with van der Waals surface area (Å²) in [6.07, 6.45) is 5.73. The smallest absolute Gasteiger partial charge is 0.0320 e. The van der Waals surface area contributed by atoms with Crippen molar-refractivity contribution in [1.29, 1.82) is 0 Å². The quantitative estimate of drug-likeness (QED) is 0.836. The van der Waals surface area contributed by atoms with E-state index in [0.29, 0.717) is 18.1 Å². The number of aryl methyl sites for hydroxylation is 2. The average Bonchev–Trinajstić information content (AvgIpc) is 3.22. The maximum absolute atomic E-state index is 3.85. The Morgan fingerprint density at radius 2 is 1.92 bits per heavy atom. The Hall–Kier alpha value is -1.58. The zero-order chi connectivity index (χ0) is 16.9. The summed E-state index contributed by atoms with van der Waals surface area (Å²) >= 11 is 0. The first-order valence-corrected chi connectivity index (χ1v) is 9.28. The third-order valence-corrected chi connectivity index (χ3v) is 5.45. The number of likely N-dealkylation sites (tertiary alicyclic amines) is 1. The number of aromatic nitrogens is 1. The van der Waals surface area contributed by atoms with Gasteiger partial charge < -0.3 is 9.88 Å². The number of hydrogen-bond acceptors (Lipinski definition) is 2. The summed E-state index contributed by atoms with van der Waals surface area (Å²) in [7, 11) is 2.13. The van der Waals surface area contributed by atoms with Crippen molar-refractivity contribution >= 4 is 0 Å². The van der Waals surface area contributed by atoms with Crippen LogP contribution in [-0.4, -0.2) is 34.6 Å². The van der Waals surface area contributed by atoms with Crippen LogP contribution in [0.3, 0.4) is 0 Å². The van der Waals surface area contributed by atoms with Gasteiger partial charge in [-0.05, 0) is 50.8 Å². The van der Waals surface area contributed by atoms with Gasteiger partial charge in [0.15, 0.2) is 0 Å². The van der Waals surface area contributed by atoms with Crippen molar-refractivity contribution in [3.8, 4) is 0 Å². The standard InChI is InChI=1S/C21H31N3/c1-17(11-12-21-10-7-14-23(21)3)22-20-13-15-24(16-20)18(2)19-8-5-4-6-9-19/h4-10,14,17-18,20,22H,11-13,15-16H2,1-3H3/t17-,18+,20+/m1/s1. The first-order valence-electron chi connectivity index (χ1n) is 9.28. The molecule has 0 radical (unpaired) electrons. The number of nitrogens with zero attached hydrogens (tertiary/aromatic N) is 2. The highest BCUT2D eigenvalue weighted by Crippen LogP contribution is 2.24. The van der Waals surface area contributed by atoms with Gasteiger partial charge in [-0.15, -0.1) is 0 Å². The van der Waals surface area contributed by atoms with Crippen LogP contribution in [0.5, 0.6) is 0 Å². The van der Waals surface area contributed by atoms with E-state index in [9.17, 15) is 0 Å². The van der Waals surface area contributed by atoms with E-state index in [4.69, 9.17) is 0 Å². The van der Waals surface area contributed by atoms with Gasteiger partial charge in [0.05, 0.1) is 0 Å². The third kappa shape index (κ3) is 4.28. The molecule has 3 nitrogen and oxygen atoms in total. The fraction of sp³-hybridized carbons (Fsp3) is 0.524. The second kappa shape index (κ2) is 8.00. The molecule has 0 unspecified atom stereocenters. The summed E-state index contributed by atoms with van der Waals surface area (Å²) in [6.45, 7) is 7.01. The minimum absolute atomic E-state index is 0.511. The number of benzene rings is 1. The van der Waals surface area contributed by atoms with Gasteiger partial charge in [-0.25, -0.2) is 0 Å².